The summed E-state index contributed by atoms with van der Waals surface area (Å²) in [5, 5.41) is 21.6. The van der Waals surface area contributed by atoms with Crippen molar-refractivity contribution in [3.05, 3.63) is 0 Å². The molecular formula is C11H18N2O6S. The van der Waals surface area contributed by atoms with Gasteiger partial charge in [-0.05, 0) is 6.42 Å². The molecule has 114 valence electrons. The van der Waals surface area contributed by atoms with E-state index in [1.807, 2.05) is 0 Å². The van der Waals surface area contributed by atoms with Crippen LogP contribution in [-0.4, -0.2) is 52.3 Å². The average Bonchev–Trinajstić information content (AvgIpc) is 2.38. The number of carbonyl (C=O) groups is 4. The minimum absolute atomic E-state index is 0.00563. The lowest BCUT2D eigenvalue weighted by molar-refractivity contribution is -0.141. The molecule has 0 aromatic carbocycles. The molecule has 0 rings (SSSR count). The number of carbonyl (C=O) groups excluding carboxylic acids is 2. The number of carboxylic acids is 2. The second-order valence-corrected chi connectivity index (χ2v) is 4.56. The first-order valence-electron chi connectivity index (χ1n) is 5.90. The molecule has 0 aliphatic rings. The molecule has 0 aliphatic carbocycles. The second-order valence-electron chi connectivity index (χ2n) is 4.19. The SMILES string of the molecule is CC(CCC(=O)N[C@@H](CS)C(=O)NCC(=O)O)C(=O)O. The highest BCUT2D eigenvalue weighted by molar-refractivity contribution is 7.80. The van der Waals surface area contributed by atoms with Crippen LogP contribution >= 0.6 is 12.6 Å². The van der Waals surface area contributed by atoms with Gasteiger partial charge in [0.15, 0.2) is 0 Å². The zero-order valence-electron chi connectivity index (χ0n) is 11.0. The van der Waals surface area contributed by atoms with E-state index in [1.54, 1.807) is 0 Å². The Morgan fingerprint density at radius 3 is 2.25 bits per heavy atom. The monoisotopic (exact) mass is 306 g/mol. The zero-order valence-corrected chi connectivity index (χ0v) is 11.9. The lowest BCUT2D eigenvalue weighted by Crippen LogP contribution is -2.49. The molecule has 0 radical (unpaired) electrons. The summed E-state index contributed by atoms with van der Waals surface area (Å²) in [7, 11) is 0. The molecule has 0 saturated carbocycles. The van der Waals surface area contributed by atoms with Crippen molar-refractivity contribution < 1.29 is 29.4 Å². The molecule has 8 nitrogen and oxygen atoms in total. The number of carboxylic acid groups (broad SMARTS) is 2. The van der Waals surface area contributed by atoms with Gasteiger partial charge in [-0.1, -0.05) is 6.92 Å². The highest BCUT2D eigenvalue weighted by Crippen LogP contribution is 2.05. The van der Waals surface area contributed by atoms with Crippen molar-refractivity contribution in [2.75, 3.05) is 12.3 Å². The maximum atomic E-state index is 11.5. The summed E-state index contributed by atoms with van der Waals surface area (Å²) in [6.45, 7) is 0.931. The van der Waals surface area contributed by atoms with Gasteiger partial charge in [0.05, 0.1) is 5.92 Å². The van der Waals surface area contributed by atoms with E-state index in [2.05, 4.69) is 23.3 Å². The number of thiol groups is 1. The molecule has 4 N–H and O–H groups in total. The lowest BCUT2D eigenvalue weighted by Gasteiger charge is -2.16. The molecular weight excluding hydrogens is 288 g/mol. The molecule has 2 atom stereocenters. The van der Waals surface area contributed by atoms with E-state index in [-0.39, 0.29) is 18.6 Å². The minimum Gasteiger partial charge on any atom is -0.481 e. The number of amides is 2. The van der Waals surface area contributed by atoms with Crippen LogP contribution in [0.25, 0.3) is 0 Å². The Morgan fingerprint density at radius 1 is 1.20 bits per heavy atom. The molecule has 9 heteroatoms. The van der Waals surface area contributed by atoms with E-state index < -0.39 is 42.3 Å². The maximum Gasteiger partial charge on any atom is 0.322 e. The third-order valence-electron chi connectivity index (χ3n) is 2.47. The molecule has 0 aliphatic heterocycles. The second kappa shape index (κ2) is 9.18. The average molecular weight is 306 g/mol. The Bertz CT molecular complexity index is 387. The van der Waals surface area contributed by atoms with Crippen molar-refractivity contribution in [3.8, 4) is 0 Å². The van der Waals surface area contributed by atoms with Gasteiger partial charge in [-0.3, -0.25) is 19.2 Å². The Labute approximate surface area is 121 Å². The van der Waals surface area contributed by atoms with Crippen LogP contribution in [0.5, 0.6) is 0 Å². The number of rotatable bonds is 9. The Hall–Kier alpha value is -1.77. The van der Waals surface area contributed by atoms with E-state index in [0.717, 1.165) is 0 Å². The first-order valence-corrected chi connectivity index (χ1v) is 6.53. The fourth-order valence-electron chi connectivity index (χ4n) is 1.22. The summed E-state index contributed by atoms with van der Waals surface area (Å²) >= 11 is 3.90. The fourth-order valence-corrected chi connectivity index (χ4v) is 1.47. The van der Waals surface area contributed by atoms with Gasteiger partial charge in [0.2, 0.25) is 11.8 Å². The van der Waals surface area contributed by atoms with Gasteiger partial charge >= 0.3 is 11.9 Å². The summed E-state index contributed by atoms with van der Waals surface area (Å²) < 4.78 is 0. The highest BCUT2D eigenvalue weighted by Gasteiger charge is 2.20. The maximum absolute atomic E-state index is 11.5. The van der Waals surface area contributed by atoms with Crippen molar-refractivity contribution >= 4 is 36.4 Å². The molecule has 0 fully saturated rings. The largest absolute Gasteiger partial charge is 0.481 e. The predicted molar refractivity (Wildman–Crippen MR) is 72.5 cm³/mol. The van der Waals surface area contributed by atoms with Gasteiger partial charge in [0.25, 0.3) is 0 Å². The lowest BCUT2D eigenvalue weighted by atomic mass is 10.1. The smallest absolute Gasteiger partial charge is 0.322 e. The molecule has 0 heterocycles. The van der Waals surface area contributed by atoms with Gasteiger partial charge in [0, 0.05) is 12.2 Å². The first kappa shape index (κ1) is 18.2. The van der Waals surface area contributed by atoms with E-state index in [1.165, 1.54) is 6.92 Å². The van der Waals surface area contributed by atoms with Crippen molar-refractivity contribution in [2.45, 2.75) is 25.8 Å². The summed E-state index contributed by atoms with van der Waals surface area (Å²) in [5.41, 5.74) is 0. The summed E-state index contributed by atoms with van der Waals surface area (Å²) in [6.07, 6.45) is 0.112. The van der Waals surface area contributed by atoms with Crippen LogP contribution < -0.4 is 10.6 Å². The summed E-state index contributed by atoms with van der Waals surface area (Å²) in [5.74, 6) is -3.98. The van der Waals surface area contributed by atoms with Gasteiger partial charge in [0.1, 0.15) is 12.6 Å². The topological polar surface area (TPSA) is 133 Å². The van der Waals surface area contributed by atoms with Crippen LogP contribution in [0.2, 0.25) is 0 Å². The van der Waals surface area contributed by atoms with Crippen molar-refractivity contribution in [1.29, 1.82) is 0 Å². The molecule has 0 saturated heterocycles. The Balaban J connectivity index is 4.21. The van der Waals surface area contributed by atoms with E-state index in [4.69, 9.17) is 10.2 Å². The molecule has 1 unspecified atom stereocenters. The molecule has 20 heavy (non-hydrogen) atoms. The third-order valence-corrected chi connectivity index (χ3v) is 2.84. The molecule has 2 amide bonds. The first-order chi connectivity index (χ1) is 9.27. The van der Waals surface area contributed by atoms with E-state index in [9.17, 15) is 19.2 Å². The predicted octanol–water partition coefficient (Wildman–Crippen LogP) is -0.897. The van der Waals surface area contributed by atoms with Gasteiger partial charge in [-0.2, -0.15) is 12.6 Å². The highest BCUT2D eigenvalue weighted by atomic mass is 32.1. The normalized spacial score (nSPS) is 13.1. The van der Waals surface area contributed by atoms with Crippen LogP contribution in [0, 0.1) is 5.92 Å². The summed E-state index contributed by atoms with van der Waals surface area (Å²) in [6, 6.07) is -0.953. The standard InChI is InChI=1S/C11H18N2O6S/c1-6(11(18)19)2-3-8(14)13-7(5-20)10(17)12-4-9(15)16/h6-7,20H,2-5H2,1H3,(H,12,17)(H,13,14)(H,15,16)(H,18,19)/t6?,7-/m0/s1. The van der Waals surface area contributed by atoms with Crippen LogP contribution in [0.1, 0.15) is 19.8 Å². The van der Waals surface area contributed by atoms with Crippen LogP contribution in [0.3, 0.4) is 0 Å². The van der Waals surface area contributed by atoms with Gasteiger partial charge in [-0.25, -0.2) is 0 Å². The summed E-state index contributed by atoms with van der Waals surface area (Å²) in [4.78, 5) is 44.0. The van der Waals surface area contributed by atoms with E-state index >= 15 is 0 Å². The van der Waals surface area contributed by atoms with Crippen molar-refractivity contribution in [2.24, 2.45) is 5.92 Å². The Kier molecular flexibility index (Phi) is 8.37. The quantitative estimate of drug-likeness (QED) is 0.351. The number of nitrogens with one attached hydrogen (secondary N) is 2. The molecule has 0 aromatic heterocycles. The van der Waals surface area contributed by atoms with Crippen molar-refractivity contribution in [1.82, 2.24) is 10.6 Å². The third kappa shape index (κ3) is 7.62. The van der Waals surface area contributed by atoms with Gasteiger partial charge in [-0.15, -0.1) is 0 Å². The van der Waals surface area contributed by atoms with Crippen molar-refractivity contribution in [3.63, 3.8) is 0 Å². The molecule has 0 bridgehead atoms. The fraction of sp³-hybridized carbons (Fsp3) is 0.636. The van der Waals surface area contributed by atoms with Crippen LogP contribution in [0.15, 0.2) is 0 Å². The molecule has 0 spiro atoms. The number of hydrogen-bond donors (Lipinski definition) is 5. The number of hydrogen-bond acceptors (Lipinski definition) is 5. The minimum atomic E-state index is -1.20. The van der Waals surface area contributed by atoms with Crippen LogP contribution in [-0.2, 0) is 19.2 Å². The van der Waals surface area contributed by atoms with Crippen LogP contribution in [0.4, 0.5) is 0 Å². The molecule has 0 aromatic rings. The van der Waals surface area contributed by atoms with E-state index in [0.29, 0.717) is 0 Å². The zero-order chi connectivity index (χ0) is 15.7. The number of aliphatic carboxylic acids is 2. The van der Waals surface area contributed by atoms with Gasteiger partial charge < -0.3 is 20.8 Å². The Morgan fingerprint density at radius 2 is 1.80 bits per heavy atom.